The number of hydrogen-bond donors (Lipinski definition) is 1. The molecule has 1 aromatic carbocycles. The van der Waals surface area contributed by atoms with Crippen LogP contribution < -0.4 is 5.32 Å². The molecule has 6 aliphatic rings. The number of carbonyl (C=O) groups excluding carboxylic acids is 1. The first-order valence-electron chi connectivity index (χ1n) is 21.2. The smallest absolute Gasteiger partial charge is 0.410 e. The molecule has 7 rings (SSSR count). The van der Waals surface area contributed by atoms with Gasteiger partial charge in [-0.15, -0.1) is 0 Å². The number of carbonyl (C=O) groups is 1. The van der Waals surface area contributed by atoms with Crippen LogP contribution in [-0.4, -0.2) is 66.3 Å². The third-order valence-electron chi connectivity index (χ3n) is 16.9. The lowest BCUT2D eigenvalue weighted by atomic mass is 9.33. The Labute approximate surface area is 317 Å². The van der Waals surface area contributed by atoms with Gasteiger partial charge in [-0.2, -0.15) is 0 Å². The van der Waals surface area contributed by atoms with Crippen molar-refractivity contribution in [3.05, 3.63) is 53.6 Å². The topological polar surface area (TPSA) is 44.8 Å². The van der Waals surface area contributed by atoms with Crippen LogP contribution in [0.4, 0.5) is 4.79 Å². The van der Waals surface area contributed by atoms with Crippen molar-refractivity contribution in [2.75, 3.05) is 39.3 Å². The third kappa shape index (κ3) is 6.15. The van der Waals surface area contributed by atoms with Crippen molar-refractivity contribution >= 4 is 11.7 Å². The highest BCUT2D eigenvalue weighted by molar-refractivity contribution is 5.71. The number of amides is 1. The predicted octanol–water partition coefficient (Wildman–Crippen LogP) is 10.5. The van der Waals surface area contributed by atoms with E-state index in [1.807, 2.05) is 25.7 Å². The molecule has 0 radical (unpaired) electrons. The fourth-order valence-electron chi connectivity index (χ4n) is 14.2. The number of fused-ring (bicyclic) bond motifs is 7. The molecule has 1 N–H and O–H groups in total. The quantitative estimate of drug-likeness (QED) is 0.299. The number of nitrogens with one attached hydrogen (secondary N) is 1. The van der Waals surface area contributed by atoms with Crippen molar-refractivity contribution in [3.8, 4) is 0 Å². The van der Waals surface area contributed by atoms with Crippen molar-refractivity contribution < 1.29 is 9.53 Å². The number of benzene rings is 1. The van der Waals surface area contributed by atoms with Crippen molar-refractivity contribution in [1.82, 2.24) is 15.1 Å². The SMILES string of the molecule is C=C(C)[C@@H]1CC[C@]2(NCCN3CCN(C(=O)OC(C)(C)C)CC3)CC[C@]3(C)[C@H](CC[C@@H]4[C@@]5(C)CC=C(c6ccc(C)cc6)C(C)(C)[C@@H]5CC[C@]43C)[C@@H]12. The number of piperazine rings is 1. The Morgan fingerprint density at radius 2 is 1.58 bits per heavy atom. The number of aryl methyl sites for hydroxylation is 1. The Bertz CT molecular complexity index is 1550. The van der Waals surface area contributed by atoms with Gasteiger partial charge in [-0.25, -0.2) is 4.79 Å². The van der Waals surface area contributed by atoms with Crippen molar-refractivity contribution in [3.63, 3.8) is 0 Å². The monoisotopic (exact) mass is 712 g/mol. The number of ether oxygens (including phenoxy) is 1. The molecule has 52 heavy (non-hydrogen) atoms. The van der Waals surface area contributed by atoms with Gasteiger partial charge in [-0.1, -0.05) is 82.7 Å². The van der Waals surface area contributed by atoms with Gasteiger partial charge in [0.25, 0.3) is 0 Å². The molecular formula is C47H73N3O2. The molecule has 5 aliphatic carbocycles. The van der Waals surface area contributed by atoms with Crippen LogP contribution in [0.2, 0.25) is 0 Å². The minimum absolute atomic E-state index is 0.171. The maximum absolute atomic E-state index is 12.7. The van der Waals surface area contributed by atoms with Crippen LogP contribution in [0.5, 0.6) is 0 Å². The Kier molecular flexibility index (Phi) is 9.75. The fraction of sp³-hybridized carbons (Fsp3) is 0.766. The summed E-state index contributed by atoms with van der Waals surface area (Å²) in [5, 5.41) is 4.32. The van der Waals surface area contributed by atoms with Crippen LogP contribution in [0.1, 0.15) is 131 Å². The van der Waals surface area contributed by atoms with Gasteiger partial charge in [0.05, 0.1) is 0 Å². The van der Waals surface area contributed by atoms with E-state index in [1.54, 1.807) is 5.57 Å². The maximum Gasteiger partial charge on any atom is 0.410 e. The lowest BCUT2D eigenvalue weighted by molar-refractivity contribution is -0.219. The summed E-state index contributed by atoms with van der Waals surface area (Å²) >= 11 is 0. The number of nitrogens with zero attached hydrogens (tertiary/aromatic N) is 2. The Morgan fingerprint density at radius 1 is 0.885 bits per heavy atom. The van der Waals surface area contributed by atoms with Gasteiger partial charge in [0.15, 0.2) is 0 Å². The van der Waals surface area contributed by atoms with Crippen LogP contribution in [-0.2, 0) is 4.74 Å². The van der Waals surface area contributed by atoms with Gasteiger partial charge in [-0.3, -0.25) is 4.90 Å². The number of allylic oxidation sites excluding steroid dienone is 3. The van der Waals surface area contributed by atoms with Crippen molar-refractivity contribution in [1.29, 1.82) is 0 Å². The van der Waals surface area contributed by atoms with Gasteiger partial charge >= 0.3 is 6.09 Å². The van der Waals surface area contributed by atoms with E-state index < -0.39 is 5.60 Å². The molecule has 5 nitrogen and oxygen atoms in total. The second-order valence-corrected chi connectivity index (χ2v) is 21.0. The summed E-state index contributed by atoms with van der Waals surface area (Å²) in [6.45, 7) is 33.9. The Hall–Kier alpha value is -2.11. The molecule has 1 saturated heterocycles. The molecule has 288 valence electrons. The molecule has 1 amide bonds. The summed E-state index contributed by atoms with van der Waals surface area (Å²) < 4.78 is 5.65. The second kappa shape index (κ2) is 13.3. The van der Waals surface area contributed by atoms with Crippen molar-refractivity contribution in [2.24, 2.45) is 51.2 Å². The molecule has 1 aromatic rings. The van der Waals surface area contributed by atoms with Crippen molar-refractivity contribution in [2.45, 2.75) is 138 Å². The van der Waals surface area contributed by atoms with Crippen LogP contribution in [0, 0.1) is 58.2 Å². The van der Waals surface area contributed by atoms with Gasteiger partial charge in [-0.05, 0) is 155 Å². The number of rotatable bonds is 6. The minimum atomic E-state index is -0.447. The standard InChI is InChI=1S/C47H73N3O2/c1-32(2)35-18-23-47(48-26-27-49-28-30-50(31-29-49)41(51)52-42(4,5)6)25-24-45(10)37(40(35)47)16-17-39-44(9)21-19-36(34-14-12-33(3)13-15-34)43(7,8)38(44)20-22-46(39,45)11/h12-15,19,35,37-40,48H,1,16-18,20-31H2,2-11H3/t35-,37+,38-,39+,40+,44-,45+,46+,47-/m0/s1. The fourth-order valence-corrected chi connectivity index (χ4v) is 14.2. The summed E-state index contributed by atoms with van der Waals surface area (Å²) in [5.41, 5.74) is 6.77. The molecule has 5 heteroatoms. The molecule has 0 bridgehead atoms. The first-order chi connectivity index (χ1) is 24.3. The van der Waals surface area contributed by atoms with Gasteiger partial charge in [0.2, 0.25) is 0 Å². The summed E-state index contributed by atoms with van der Waals surface area (Å²) in [4.78, 5) is 17.1. The van der Waals surface area contributed by atoms with E-state index in [2.05, 4.69) is 95.6 Å². The summed E-state index contributed by atoms with van der Waals surface area (Å²) in [6, 6.07) is 9.35. The zero-order valence-corrected chi connectivity index (χ0v) is 34.8. The molecule has 9 atom stereocenters. The van der Waals surface area contributed by atoms with Crippen LogP contribution in [0.25, 0.3) is 5.57 Å². The van der Waals surface area contributed by atoms with E-state index in [9.17, 15) is 4.79 Å². The minimum Gasteiger partial charge on any atom is -0.444 e. The average Bonchev–Trinajstić information content (AvgIpc) is 3.45. The van der Waals surface area contributed by atoms with E-state index in [0.29, 0.717) is 34.0 Å². The van der Waals surface area contributed by atoms with Gasteiger partial charge < -0.3 is 15.0 Å². The zero-order chi connectivity index (χ0) is 37.5. The van der Waals surface area contributed by atoms with E-state index >= 15 is 0 Å². The lowest BCUT2D eigenvalue weighted by Gasteiger charge is -2.72. The van der Waals surface area contributed by atoms with E-state index in [0.717, 1.165) is 51.1 Å². The highest BCUT2D eigenvalue weighted by Gasteiger charge is 2.70. The third-order valence-corrected chi connectivity index (χ3v) is 16.9. The normalized spacial score (nSPS) is 40.2. The Morgan fingerprint density at radius 3 is 2.23 bits per heavy atom. The van der Waals surface area contributed by atoms with E-state index in [4.69, 9.17) is 4.74 Å². The molecule has 4 saturated carbocycles. The first kappa shape index (κ1) is 38.2. The molecular weight excluding hydrogens is 639 g/mol. The van der Waals surface area contributed by atoms with Crippen LogP contribution >= 0.6 is 0 Å². The number of hydrogen-bond acceptors (Lipinski definition) is 4. The molecule has 0 spiro atoms. The second-order valence-electron chi connectivity index (χ2n) is 21.0. The summed E-state index contributed by atoms with van der Waals surface area (Å²) in [5.74, 6) is 3.51. The van der Waals surface area contributed by atoms with E-state index in [-0.39, 0.29) is 17.0 Å². The maximum atomic E-state index is 12.7. The molecule has 1 aliphatic heterocycles. The lowest BCUT2D eigenvalue weighted by Crippen LogP contribution is -2.68. The predicted molar refractivity (Wildman–Crippen MR) is 216 cm³/mol. The molecule has 0 unspecified atom stereocenters. The highest BCUT2D eigenvalue weighted by atomic mass is 16.6. The molecule has 0 aromatic heterocycles. The first-order valence-corrected chi connectivity index (χ1v) is 21.2. The highest BCUT2D eigenvalue weighted by Crippen LogP contribution is 2.76. The van der Waals surface area contributed by atoms with Gasteiger partial charge in [0, 0.05) is 44.8 Å². The summed E-state index contributed by atoms with van der Waals surface area (Å²) in [6.07, 6.45) is 14.4. The zero-order valence-electron chi connectivity index (χ0n) is 34.8. The largest absolute Gasteiger partial charge is 0.444 e. The van der Waals surface area contributed by atoms with E-state index in [1.165, 1.54) is 74.5 Å². The van der Waals surface area contributed by atoms with Crippen LogP contribution in [0.15, 0.2) is 42.5 Å². The summed E-state index contributed by atoms with van der Waals surface area (Å²) in [7, 11) is 0. The molecule has 1 heterocycles. The van der Waals surface area contributed by atoms with Crippen LogP contribution in [0.3, 0.4) is 0 Å². The Balaban J connectivity index is 1.08. The van der Waals surface area contributed by atoms with Gasteiger partial charge in [0.1, 0.15) is 5.60 Å². The average molecular weight is 712 g/mol. The molecule has 5 fully saturated rings.